The summed E-state index contributed by atoms with van der Waals surface area (Å²) in [5, 5.41) is 0.772. The molecule has 0 spiro atoms. The van der Waals surface area contributed by atoms with Crippen molar-refractivity contribution in [3.63, 3.8) is 0 Å². The van der Waals surface area contributed by atoms with Crippen LogP contribution in [0.3, 0.4) is 0 Å². The first-order chi connectivity index (χ1) is 15.1. The molecule has 0 bridgehead atoms. The van der Waals surface area contributed by atoms with Crippen molar-refractivity contribution in [1.82, 2.24) is 14.9 Å². The number of hydrogen-bond acceptors (Lipinski definition) is 3. The van der Waals surface area contributed by atoms with Gasteiger partial charge in [0.25, 0.3) is 5.91 Å². The molecule has 0 atom stereocenters. The van der Waals surface area contributed by atoms with Crippen LogP contribution < -0.4 is 0 Å². The smallest absolute Gasteiger partial charge is 0.255 e. The molecule has 1 aliphatic heterocycles. The third-order valence-electron chi connectivity index (χ3n) is 6.26. The molecule has 1 aliphatic carbocycles. The van der Waals surface area contributed by atoms with Gasteiger partial charge in [-0.05, 0) is 79.1 Å². The van der Waals surface area contributed by atoms with Crippen LogP contribution in [0.5, 0.6) is 0 Å². The molecular weight excluding hydrogens is 406 g/mol. The number of carbonyl (C=O) groups excluding carboxylic acids is 1. The molecule has 1 aromatic carbocycles. The number of aryl methyl sites for hydroxylation is 3. The molecule has 1 fully saturated rings. The molecule has 0 radical (unpaired) electrons. The third kappa shape index (κ3) is 3.88. The monoisotopic (exact) mass is 429 g/mol. The Balaban J connectivity index is 1.50. The van der Waals surface area contributed by atoms with Crippen LogP contribution in [0.25, 0.3) is 5.57 Å². The standard InChI is InChI=1S/C26H24ClN3O/c1-17-13-21(16-28-15-17)26(31)30-11-8-18(9-12-30)24-23-7-6-22(27)14-20(23)5-4-19-3-2-10-29-25(19)24/h2-3,6-7,10,13-16H,4-5,8-9,11-12H2,1H3. The van der Waals surface area contributed by atoms with Gasteiger partial charge in [-0.1, -0.05) is 29.3 Å². The van der Waals surface area contributed by atoms with Crippen molar-refractivity contribution in [3.8, 4) is 0 Å². The average molecular weight is 430 g/mol. The van der Waals surface area contributed by atoms with Gasteiger partial charge in [0.05, 0.1) is 11.3 Å². The van der Waals surface area contributed by atoms with Crippen LogP contribution in [0.15, 0.2) is 60.6 Å². The Morgan fingerprint density at radius 1 is 1.00 bits per heavy atom. The summed E-state index contributed by atoms with van der Waals surface area (Å²) in [5.74, 6) is 0.0619. The molecular formula is C26H24ClN3O. The Hall–Kier alpha value is -2.98. The van der Waals surface area contributed by atoms with Gasteiger partial charge >= 0.3 is 0 Å². The summed E-state index contributed by atoms with van der Waals surface area (Å²) in [6.07, 6.45) is 8.92. The summed E-state index contributed by atoms with van der Waals surface area (Å²) in [6.45, 7) is 3.37. The van der Waals surface area contributed by atoms with Crippen molar-refractivity contribution < 1.29 is 4.79 Å². The van der Waals surface area contributed by atoms with E-state index in [2.05, 4.69) is 23.2 Å². The molecule has 5 heteroatoms. The van der Waals surface area contributed by atoms with Crippen molar-refractivity contribution in [2.45, 2.75) is 32.6 Å². The van der Waals surface area contributed by atoms with Crippen LogP contribution in [-0.4, -0.2) is 33.9 Å². The summed E-state index contributed by atoms with van der Waals surface area (Å²) < 4.78 is 0. The number of rotatable bonds is 1. The molecule has 2 aromatic heterocycles. The minimum Gasteiger partial charge on any atom is -0.338 e. The Labute approximate surface area is 187 Å². The topological polar surface area (TPSA) is 46.1 Å². The van der Waals surface area contributed by atoms with Crippen molar-refractivity contribution in [3.05, 3.63) is 99.1 Å². The number of carbonyl (C=O) groups is 1. The highest BCUT2D eigenvalue weighted by atomic mass is 35.5. The van der Waals surface area contributed by atoms with Gasteiger partial charge in [-0.2, -0.15) is 0 Å². The van der Waals surface area contributed by atoms with Crippen LogP contribution in [0.4, 0.5) is 0 Å². The summed E-state index contributed by atoms with van der Waals surface area (Å²) in [4.78, 5) is 23.9. The normalized spacial score (nSPS) is 15.9. The Kier molecular flexibility index (Phi) is 5.33. The molecule has 3 aromatic rings. The number of fused-ring (bicyclic) bond motifs is 2. The van der Waals surface area contributed by atoms with Crippen molar-refractivity contribution in [2.75, 3.05) is 13.1 Å². The number of likely N-dealkylation sites (tertiary alicyclic amines) is 1. The Morgan fingerprint density at radius 2 is 1.81 bits per heavy atom. The second kappa shape index (κ2) is 8.27. The predicted molar refractivity (Wildman–Crippen MR) is 123 cm³/mol. The van der Waals surface area contributed by atoms with Crippen molar-refractivity contribution in [2.24, 2.45) is 0 Å². The molecule has 5 rings (SSSR count). The van der Waals surface area contributed by atoms with Crippen LogP contribution in [0, 0.1) is 6.92 Å². The van der Waals surface area contributed by atoms with E-state index >= 15 is 0 Å². The highest BCUT2D eigenvalue weighted by Crippen LogP contribution is 2.38. The molecule has 4 nitrogen and oxygen atoms in total. The lowest BCUT2D eigenvalue weighted by Gasteiger charge is -2.30. The van der Waals surface area contributed by atoms with Gasteiger partial charge < -0.3 is 4.90 Å². The minimum absolute atomic E-state index is 0.0619. The van der Waals surface area contributed by atoms with E-state index in [0.717, 1.165) is 42.0 Å². The van der Waals surface area contributed by atoms with E-state index in [1.807, 2.05) is 36.2 Å². The zero-order valence-corrected chi connectivity index (χ0v) is 18.3. The summed E-state index contributed by atoms with van der Waals surface area (Å²) in [7, 11) is 0. The molecule has 1 saturated heterocycles. The first kappa shape index (κ1) is 20.0. The van der Waals surface area contributed by atoms with E-state index in [9.17, 15) is 4.79 Å². The van der Waals surface area contributed by atoms with Gasteiger partial charge in [0.2, 0.25) is 0 Å². The third-order valence-corrected chi connectivity index (χ3v) is 6.49. The molecule has 3 heterocycles. The maximum Gasteiger partial charge on any atom is 0.255 e. The summed E-state index contributed by atoms with van der Waals surface area (Å²) in [6, 6.07) is 12.3. The van der Waals surface area contributed by atoms with Gasteiger partial charge in [0, 0.05) is 42.3 Å². The number of piperidine rings is 1. The number of benzene rings is 1. The molecule has 2 aliphatic rings. The fourth-order valence-corrected chi connectivity index (χ4v) is 4.91. The van der Waals surface area contributed by atoms with Crippen LogP contribution in [-0.2, 0) is 12.8 Å². The molecule has 0 unspecified atom stereocenters. The average Bonchev–Trinajstić information content (AvgIpc) is 2.95. The predicted octanol–water partition coefficient (Wildman–Crippen LogP) is 5.28. The zero-order chi connectivity index (χ0) is 21.4. The number of aromatic nitrogens is 2. The zero-order valence-electron chi connectivity index (χ0n) is 17.6. The lowest BCUT2D eigenvalue weighted by atomic mass is 9.88. The maximum absolute atomic E-state index is 13.0. The van der Waals surface area contributed by atoms with Crippen molar-refractivity contribution in [1.29, 1.82) is 0 Å². The van der Waals surface area contributed by atoms with E-state index in [0.29, 0.717) is 18.7 Å². The quantitative estimate of drug-likeness (QED) is 0.529. The van der Waals surface area contributed by atoms with E-state index < -0.39 is 0 Å². The number of halogens is 1. The molecule has 0 saturated carbocycles. The fourth-order valence-electron chi connectivity index (χ4n) is 4.72. The van der Waals surface area contributed by atoms with Gasteiger partial charge in [0.15, 0.2) is 0 Å². The van der Waals surface area contributed by atoms with Gasteiger partial charge in [-0.3, -0.25) is 14.8 Å². The van der Waals surface area contributed by atoms with Gasteiger partial charge in [-0.15, -0.1) is 0 Å². The summed E-state index contributed by atoms with van der Waals surface area (Å²) >= 11 is 6.32. The number of amides is 1. The van der Waals surface area contributed by atoms with Crippen LogP contribution in [0.1, 0.15) is 51.1 Å². The van der Waals surface area contributed by atoms with Crippen molar-refractivity contribution >= 4 is 23.1 Å². The lowest BCUT2D eigenvalue weighted by molar-refractivity contribution is 0.0743. The SMILES string of the molecule is Cc1cncc(C(=O)N2CCC(=C3c4ccc(Cl)cc4CCc4cccnc43)CC2)c1. The first-order valence-electron chi connectivity index (χ1n) is 10.8. The fraction of sp³-hybridized carbons (Fsp3) is 0.269. The van der Waals surface area contributed by atoms with E-state index in [1.54, 1.807) is 12.4 Å². The van der Waals surface area contributed by atoms with E-state index in [1.165, 1.54) is 27.8 Å². The lowest BCUT2D eigenvalue weighted by Crippen LogP contribution is -2.36. The van der Waals surface area contributed by atoms with E-state index in [-0.39, 0.29) is 5.91 Å². The highest BCUT2D eigenvalue weighted by Gasteiger charge is 2.27. The highest BCUT2D eigenvalue weighted by molar-refractivity contribution is 6.30. The van der Waals surface area contributed by atoms with Crippen LogP contribution in [0.2, 0.25) is 5.02 Å². The van der Waals surface area contributed by atoms with Gasteiger partial charge in [-0.25, -0.2) is 0 Å². The summed E-state index contributed by atoms with van der Waals surface area (Å²) in [5.41, 5.74) is 9.15. The minimum atomic E-state index is 0.0619. The Bertz CT molecular complexity index is 1190. The maximum atomic E-state index is 13.0. The van der Waals surface area contributed by atoms with Crippen LogP contribution >= 0.6 is 11.6 Å². The molecule has 1 amide bonds. The second-order valence-electron chi connectivity index (χ2n) is 8.33. The van der Waals surface area contributed by atoms with Gasteiger partial charge in [0.1, 0.15) is 0 Å². The number of nitrogens with zero attached hydrogens (tertiary/aromatic N) is 3. The largest absolute Gasteiger partial charge is 0.338 e. The number of pyridine rings is 2. The Morgan fingerprint density at radius 3 is 2.61 bits per heavy atom. The number of hydrogen-bond donors (Lipinski definition) is 0. The molecule has 156 valence electrons. The first-order valence-corrected chi connectivity index (χ1v) is 11.1. The molecule has 31 heavy (non-hydrogen) atoms. The van der Waals surface area contributed by atoms with E-state index in [4.69, 9.17) is 16.6 Å². The molecule has 0 N–H and O–H groups in total. The second-order valence-corrected chi connectivity index (χ2v) is 8.77.